The highest BCUT2D eigenvalue weighted by atomic mass is 32.2. The number of aliphatic hydroxyl groups is 1. The Kier molecular flexibility index (Phi) is 13.5. The van der Waals surface area contributed by atoms with Crippen LogP contribution in [0.1, 0.15) is 51.3 Å². The summed E-state index contributed by atoms with van der Waals surface area (Å²) in [5.41, 5.74) is 1.40. The van der Waals surface area contributed by atoms with Crippen molar-refractivity contribution >= 4 is 27.5 Å². The molecule has 0 unspecified atom stereocenters. The van der Waals surface area contributed by atoms with Crippen molar-refractivity contribution in [3.05, 3.63) is 136 Å². The lowest BCUT2D eigenvalue weighted by Crippen LogP contribution is -2.50. The lowest BCUT2D eigenvalue weighted by atomic mass is 9.97. The van der Waals surface area contributed by atoms with Gasteiger partial charge in [-0.3, -0.25) is 20.3 Å². The number of amides is 1. The summed E-state index contributed by atoms with van der Waals surface area (Å²) in [5.74, 6) is -0.132. The molecule has 0 aliphatic heterocycles. The van der Waals surface area contributed by atoms with Crippen molar-refractivity contribution < 1.29 is 28.0 Å². The summed E-state index contributed by atoms with van der Waals surface area (Å²) in [4.78, 5) is 25.6. The maximum Gasteiger partial charge on any atom is 0.412 e. The van der Waals surface area contributed by atoms with Crippen molar-refractivity contribution in [1.29, 1.82) is 0 Å². The van der Waals surface area contributed by atoms with Crippen LogP contribution in [0.15, 0.2) is 114 Å². The molecule has 4 aromatic carbocycles. The first-order valence-corrected chi connectivity index (χ1v) is 18.4. The van der Waals surface area contributed by atoms with E-state index < -0.39 is 44.5 Å². The van der Waals surface area contributed by atoms with Gasteiger partial charge in [0.15, 0.2) is 0 Å². The molecule has 0 bridgehead atoms. The van der Waals surface area contributed by atoms with Crippen molar-refractivity contribution in [2.45, 2.75) is 76.8 Å². The Labute approximate surface area is 301 Å². The monoisotopic (exact) mass is 716 g/mol. The SMILES string of the molecule is CC(C)CN(C[C@@H](O)[C@H](Cc1ccccc1)N(Cc1ccccc1)Cc1ccccc1)S(=O)(=O)c1ccc(NC(=O)OC(C)(C)C)c([N+](=O)[O-])c1. The molecule has 0 aromatic heterocycles. The van der Waals surface area contributed by atoms with Gasteiger partial charge in [0.05, 0.1) is 15.9 Å². The van der Waals surface area contributed by atoms with E-state index in [4.69, 9.17) is 4.74 Å². The van der Waals surface area contributed by atoms with Crippen LogP contribution in [0.25, 0.3) is 0 Å². The Balaban J connectivity index is 1.71. The average molecular weight is 717 g/mol. The first kappa shape index (κ1) is 39.2. The highest BCUT2D eigenvalue weighted by Crippen LogP contribution is 2.31. The molecule has 272 valence electrons. The van der Waals surface area contributed by atoms with Crippen LogP contribution in [0, 0.1) is 16.0 Å². The van der Waals surface area contributed by atoms with Gasteiger partial charge in [-0.05, 0) is 61.9 Å². The molecule has 0 radical (unpaired) electrons. The second-order valence-electron chi connectivity index (χ2n) is 14.0. The number of nitro groups is 1. The molecule has 0 spiro atoms. The largest absolute Gasteiger partial charge is 0.444 e. The minimum atomic E-state index is -4.36. The van der Waals surface area contributed by atoms with E-state index in [1.54, 1.807) is 20.8 Å². The molecule has 0 saturated carbocycles. The van der Waals surface area contributed by atoms with Gasteiger partial charge in [-0.15, -0.1) is 0 Å². The van der Waals surface area contributed by atoms with E-state index in [0.29, 0.717) is 19.5 Å². The predicted octanol–water partition coefficient (Wildman–Crippen LogP) is 7.26. The van der Waals surface area contributed by atoms with Crippen LogP contribution in [0.5, 0.6) is 0 Å². The van der Waals surface area contributed by atoms with Gasteiger partial charge in [0.1, 0.15) is 11.3 Å². The molecule has 2 N–H and O–H groups in total. The van der Waals surface area contributed by atoms with Crippen molar-refractivity contribution in [2.75, 3.05) is 18.4 Å². The standard InChI is InChI=1S/C39H48N4O7S/c1-29(2)25-42(51(48,49)33-21-22-34(35(24-33)43(46)47)40-38(45)50-39(3,4)5)28-37(44)36(23-30-15-9-6-10-16-30)41(26-31-17-11-7-12-18-31)27-32-19-13-8-14-20-32/h6-22,24,29,36-37,44H,23,25-28H2,1-5H3,(H,40,45)/t36-,37+/m0/s1. The number of hydrogen-bond donors (Lipinski definition) is 2. The Morgan fingerprint density at radius 3 is 1.82 bits per heavy atom. The second kappa shape index (κ2) is 17.5. The number of carbonyl (C=O) groups is 1. The van der Waals surface area contributed by atoms with Gasteiger partial charge in [-0.2, -0.15) is 4.31 Å². The molecular weight excluding hydrogens is 669 g/mol. The molecule has 0 aliphatic carbocycles. The zero-order valence-corrected chi connectivity index (χ0v) is 30.6. The van der Waals surface area contributed by atoms with Crippen LogP contribution in [-0.2, 0) is 34.3 Å². The van der Waals surface area contributed by atoms with E-state index in [-0.39, 0.29) is 29.6 Å². The van der Waals surface area contributed by atoms with E-state index in [2.05, 4.69) is 10.2 Å². The number of hydrogen-bond acceptors (Lipinski definition) is 8. The van der Waals surface area contributed by atoms with Crippen LogP contribution in [0.3, 0.4) is 0 Å². The molecule has 51 heavy (non-hydrogen) atoms. The van der Waals surface area contributed by atoms with E-state index in [9.17, 15) is 28.4 Å². The molecular formula is C39H48N4O7S. The maximum atomic E-state index is 14.3. The lowest BCUT2D eigenvalue weighted by Gasteiger charge is -2.37. The molecule has 4 aromatic rings. The van der Waals surface area contributed by atoms with E-state index >= 15 is 0 Å². The number of benzene rings is 4. The number of carbonyl (C=O) groups excluding carboxylic acids is 1. The molecule has 1 amide bonds. The fourth-order valence-corrected chi connectivity index (χ4v) is 7.43. The number of rotatable bonds is 16. The minimum Gasteiger partial charge on any atom is -0.444 e. The number of sulfonamides is 1. The molecule has 4 rings (SSSR count). The topological polar surface area (TPSA) is 142 Å². The third kappa shape index (κ3) is 11.7. The minimum absolute atomic E-state index is 0.0561. The number of aliphatic hydroxyl groups excluding tert-OH is 1. The smallest absolute Gasteiger partial charge is 0.412 e. The first-order valence-electron chi connectivity index (χ1n) is 16.9. The van der Waals surface area contributed by atoms with Crippen LogP contribution >= 0.6 is 0 Å². The van der Waals surface area contributed by atoms with Crippen LogP contribution < -0.4 is 5.32 Å². The van der Waals surface area contributed by atoms with E-state index in [0.717, 1.165) is 22.8 Å². The summed E-state index contributed by atoms with van der Waals surface area (Å²) in [5, 5.41) is 26.6. The first-order chi connectivity index (χ1) is 24.1. The summed E-state index contributed by atoms with van der Waals surface area (Å²) in [6.07, 6.45) is -1.63. The fraction of sp³-hybridized carbons (Fsp3) is 0.359. The number of anilines is 1. The van der Waals surface area contributed by atoms with Gasteiger partial charge < -0.3 is 9.84 Å². The Bertz CT molecular complexity index is 1790. The third-order valence-electron chi connectivity index (χ3n) is 8.06. The highest BCUT2D eigenvalue weighted by Gasteiger charge is 2.35. The summed E-state index contributed by atoms with van der Waals surface area (Å²) in [7, 11) is -4.36. The molecule has 12 heteroatoms. The average Bonchev–Trinajstić information content (AvgIpc) is 3.07. The van der Waals surface area contributed by atoms with Crippen molar-refractivity contribution in [1.82, 2.24) is 9.21 Å². The summed E-state index contributed by atoms with van der Waals surface area (Å²) in [6.45, 7) is 9.49. The highest BCUT2D eigenvalue weighted by molar-refractivity contribution is 7.89. The molecule has 0 saturated heterocycles. The zero-order chi connectivity index (χ0) is 37.2. The summed E-state index contributed by atoms with van der Waals surface area (Å²) >= 11 is 0. The van der Waals surface area contributed by atoms with Gasteiger partial charge in [0, 0.05) is 38.3 Å². The number of nitrogens with zero attached hydrogens (tertiary/aromatic N) is 3. The van der Waals surface area contributed by atoms with Crippen molar-refractivity contribution in [2.24, 2.45) is 5.92 Å². The van der Waals surface area contributed by atoms with Gasteiger partial charge >= 0.3 is 6.09 Å². The quantitative estimate of drug-likeness (QED) is 0.0912. The zero-order valence-electron chi connectivity index (χ0n) is 29.8. The van der Waals surface area contributed by atoms with Gasteiger partial charge in [-0.25, -0.2) is 13.2 Å². The number of ether oxygens (including phenoxy) is 1. The number of nitro benzene ring substituents is 1. The van der Waals surface area contributed by atoms with E-state index in [1.165, 1.54) is 16.4 Å². The molecule has 0 aliphatic rings. The van der Waals surface area contributed by atoms with Gasteiger partial charge in [-0.1, -0.05) is 105 Å². The Hall–Kier alpha value is -4.62. The Morgan fingerprint density at radius 1 is 0.843 bits per heavy atom. The van der Waals surface area contributed by atoms with Crippen molar-refractivity contribution in [3.8, 4) is 0 Å². The number of nitrogens with one attached hydrogen (secondary N) is 1. The van der Waals surface area contributed by atoms with Gasteiger partial charge in [0.2, 0.25) is 10.0 Å². The van der Waals surface area contributed by atoms with Crippen LogP contribution in [-0.4, -0.2) is 64.6 Å². The summed E-state index contributed by atoms with van der Waals surface area (Å²) < 4.78 is 35.0. The fourth-order valence-electron chi connectivity index (χ4n) is 5.79. The second-order valence-corrected chi connectivity index (χ2v) is 15.9. The molecule has 2 atom stereocenters. The predicted molar refractivity (Wildman–Crippen MR) is 199 cm³/mol. The van der Waals surface area contributed by atoms with Gasteiger partial charge in [0.25, 0.3) is 5.69 Å². The van der Waals surface area contributed by atoms with E-state index in [1.807, 2.05) is 105 Å². The molecule has 11 nitrogen and oxygen atoms in total. The maximum absolute atomic E-state index is 14.3. The van der Waals surface area contributed by atoms with Crippen LogP contribution in [0.2, 0.25) is 0 Å². The third-order valence-corrected chi connectivity index (χ3v) is 9.88. The Morgan fingerprint density at radius 2 is 1.35 bits per heavy atom. The van der Waals surface area contributed by atoms with Crippen molar-refractivity contribution in [3.63, 3.8) is 0 Å². The molecule has 0 fully saturated rings. The lowest BCUT2D eigenvalue weighted by molar-refractivity contribution is -0.384. The summed E-state index contributed by atoms with van der Waals surface area (Å²) in [6, 6.07) is 32.4. The normalized spacial score (nSPS) is 13.3. The van der Waals surface area contributed by atoms with Crippen LogP contribution in [0.4, 0.5) is 16.2 Å². The molecule has 0 heterocycles.